The highest BCUT2D eigenvalue weighted by atomic mass is 16.6. The lowest BCUT2D eigenvalue weighted by atomic mass is 10.0. The smallest absolute Gasteiger partial charge is 0.303 e. The molecule has 25 heavy (non-hydrogen) atoms. The molecule has 0 bridgehead atoms. The molecular formula is C21H40O4. The van der Waals surface area contributed by atoms with Crippen molar-refractivity contribution >= 4 is 5.97 Å². The summed E-state index contributed by atoms with van der Waals surface area (Å²) in [4.78, 5) is 10.4. The van der Waals surface area contributed by atoms with Crippen molar-refractivity contribution in [3.05, 3.63) is 0 Å². The number of aliphatic hydroxyl groups is 1. The van der Waals surface area contributed by atoms with Gasteiger partial charge in [0.2, 0.25) is 0 Å². The lowest BCUT2D eigenvalue weighted by molar-refractivity contribution is -0.137. The highest BCUT2D eigenvalue weighted by Gasteiger charge is 2.30. The normalized spacial score (nSPS) is 17.6. The molecule has 0 aliphatic carbocycles. The minimum Gasteiger partial charge on any atom is -0.481 e. The molecule has 2 atom stereocenters. The van der Waals surface area contributed by atoms with Crippen LogP contribution in [0.15, 0.2) is 0 Å². The number of unbranched alkanes of at least 4 members (excludes halogenated alkanes) is 14. The monoisotopic (exact) mass is 356 g/mol. The molecule has 1 aliphatic rings. The molecule has 1 rings (SSSR count). The van der Waals surface area contributed by atoms with Crippen molar-refractivity contribution in [2.24, 2.45) is 0 Å². The van der Waals surface area contributed by atoms with Gasteiger partial charge in [-0.1, -0.05) is 89.9 Å². The van der Waals surface area contributed by atoms with Crippen molar-refractivity contribution in [3.63, 3.8) is 0 Å². The molecule has 2 unspecified atom stereocenters. The Morgan fingerprint density at radius 3 is 1.48 bits per heavy atom. The van der Waals surface area contributed by atoms with Crippen LogP contribution in [0.4, 0.5) is 0 Å². The highest BCUT2D eigenvalue weighted by molar-refractivity contribution is 5.66. The summed E-state index contributed by atoms with van der Waals surface area (Å²) in [6.45, 7) is 0.758. The second kappa shape index (κ2) is 15.6. The number of aliphatic hydroxyl groups excluding tert-OH is 1. The lowest BCUT2D eigenvalue weighted by Gasteiger charge is -2.06. The predicted octanol–water partition coefficient (Wildman–Crippen LogP) is 5.46. The topological polar surface area (TPSA) is 70.1 Å². The summed E-state index contributed by atoms with van der Waals surface area (Å²) in [6, 6.07) is 0. The van der Waals surface area contributed by atoms with Crippen molar-refractivity contribution in [1.29, 1.82) is 0 Å². The number of hydrogen-bond acceptors (Lipinski definition) is 3. The van der Waals surface area contributed by atoms with Gasteiger partial charge in [-0.15, -0.1) is 0 Å². The summed E-state index contributed by atoms with van der Waals surface area (Å²) >= 11 is 0. The van der Waals surface area contributed by atoms with Crippen molar-refractivity contribution < 1.29 is 19.7 Å². The van der Waals surface area contributed by atoms with E-state index in [1.807, 2.05) is 0 Å². The molecule has 4 heteroatoms. The van der Waals surface area contributed by atoms with E-state index in [0.29, 0.717) is 6.42 Å². The van der Waals surface area contributed by atoms with E-state index in [-0.39, 0.29) is 12.2 Å². The maximum Gasteiger partial charge on any atom is 0.303 e. The van der Waals surface area contributed by atoms with Gasteiger partial charge in [0.1, 0.15) is 6.10 Å². The first-order valence-corrected chi connectivity index (χ1v) is 10.7. The molecule has 0 amide bonds. The Hall–Kier alpha value is -0.610. The third-order valence-corrected chi connectivity index (χ3v) is 5.18. The number of rotatable bonds is 19. The summed E-state index contributed by atoms with van der Waals surface area (Å²) in [5.74, 6) is -0.664. The standard InChI is InChI=1S/C21H40O4/c22-19(20-18-25-20)16-14-12-10-8-6-4-2-1-3-5-7-9-11-13-15-17-21(23)24/h19-20,22H,1-18H2,(H,23,24). The minimum atomic E-state index is -0.664. The summed E-state index contributed by atoms with van der Waals surface area (Å²) in [7, 11) is 0. The van der Waals surface area contributed by atoms with E-state index in [4.69, 9.17) is 9.84 Å². The van der Waals surface area contributed by atoms with Gasteiger partial charge < -0.3 is 14.9 Å². The zero-order valence-corrected chi connectivity index (χ0v) is 16.1. The zero-order chi connectivity index (χ0) is 18.2. The maximum atomic E-state index is 10.4. The van der Waals surface area contributed by atoms with Crippen LogP contribution in [0.5, 0.6) is 0 Å². The van der Waals surface area contributed by atoms with Gasteiger partial charge >= 0.3 is 5.97 Å². The fourth-order valence-electron chi connectivity index (χ4n) is 3.39. The van der Waals surface area contributed by atoms with Crippen molar-refractivity contribution in [2.45, 2.75) is 121 Å². The fraction of sp³-hybridized carbons (Fsp3) is 0.952. The first-order valence-electron chi connectivity index (χ1n) is 10.7. The Labute approximate surface area is 154 Å². The van der Waals surface area contributed by atoms with Gasteiger partial charge in [-0.25, -0.2) is 0 Å². The van der Waals surface area contributed by atoms with E-state index in [9.17, 15) is 9.90 Å². The summed E-state index contributed by atoms with van der Waals surface area (Å²) < 4.78 is 5.09. The van der Waals surface area contributed by atoms with E-state index in [2.05, 4.69) is 0 Å². The number of ether oxygens (including phenoxy) is 1. The molecule has 0 saturated carbocycles. The molecule has 0 aromatic rings. The second-order valence-electron chi connectivity index (χ2n) is 7.67. The van der Waals surface area contributed by atoms with Gasteiger partial charge in [-0.3, -0.25) is 4.79 Å². The fourth-order valence-corrected chi connectivity index (χ4v) is 3.39. The molecule has 0 radical (unpaired) electrons. The Balaban J connectivity index is 1.64. The van der Waals surface area contributed by atoms with Gasteiger partial charge in [0.25, 0.3) is 0 Å². The number of carboxylic acids is 1. The van der Waals surface area contributed by atoms with Crippen LogP contribution in [-0.4, -0.2) is 35.0 Å². The van der Waals surface area contributed by atoms with Crippen molar-refractivity contribution in [2.75, 3.05) is 6.61 Å². The molecule has 0 aromatic heterocycles. The van der Waals surface area contributed by atoms with Crippen LogP contribution in [0.1, 0.15) is 109 Å². The van der Waals surface area contributed by atoms with E-state index in [1.165, 1.54) is 77.0 Å². The van der Waals surface area contributed by atoms with Crippen LogP contribution in [0.25, 0.3) is 0 Å². The van der Waals surface area contributed by atoms with Crippen LogP contribution < -0.4 is 0 Å². The van der Waals surface area contributed by atoms with Crippen molar-refractivity contribution in [3.8, 4) is 0 Å². The van der Waals surface area contributed by atoms with Crippen LogP contribution in [0.3, 0.4) is 0 Å². The molecule has 148 valence electrons. The van der Waals surface area contributed by atoms with Gasteiger partial charge in [-0.2, -0.15) is 0 Å². The third-order valence-electron chi connectivity index (χ3n) is 5.18. The van der Waals surface area contributed by atoms with Crippen LogP contribution in [0, 0.1) is 0 Å². The molecule has 1 saturated heterocycles. The first kappa shape index (κ1) is 22.4. The molecule has 1 aliphatic heterocycles. The van der Waals surface area contributed by atoms with Crippen LogP contribution in [0.2, 0.25) is 0 Å². The van der Waals surface area contributed by atoms with E-state index < -0.39 is 5.97 Å². The Morgan fingerprint density at radius 2 is 1.12 bits per heavy atom. The molecule has 4 nitrogen and oxygen atoms in total. The Kier molecular flexibility index (Phi) is 14.0. The van der Waals surface area contributed by atoms with E-state index in [1.54, 1.807) is 0 Å². The van der Waals surface area contributed by atoms with Crippen molar-refractivity contribution in [1.82, 2.24) is 0 Å². The SMILES string of the molecule is O=C(O)CCCCCCCCCCCCCCCCCC(O)C1CO1. The molecular weight excluding hydrogens is 316 g/mol. The zero-order valence-electron chi connectivity index (χ0n) is 16.1. The quantitative estimate of drug-likeness (QED) is 0.238. The Bertz CT molecular complexity index is 315. The number of epoxide rings is 1. The van der Waals surface area contributed by atoms with Crippen LogP contribution in [-0.2, 0) is 9.53 Å². The minimum absolute atomic E-state index is 0.150. The van der Waals surface area contributed by atoms with Gasteiger partial charge in [0.05, 0.1) is 12.7 Å². The third kappa shape index (κ3) is 15.4. The molecule has 2 N–H and O–H groups in total. The Morgan fingerprint density at radius 1 is 0.760 bits per heavy atom. The van der Waals surface area contributed by atoms with E-state index >= 15 is 0 Å². The second-order valence-corrected chi connectivity index (χ2v) is 7.67. The number of carbonyl (C=O) groups is 1. The highest BCUT2D eigenvalue weighted by Crippen LogP contribution is 2.19. The largest absolute Gasteiger partial charge is 0.481 e. The number of carboxylic acid groups (broad SMARTS) is 1. The van der Waals surface area contributed by atoms with Crippen LogP contribution >= 0.6 is 0 Å². The summed E-state index contributed by atoms with van der Waals surface area (Å²) in [5.41, 5.74) is 0. The van der Waals surface area contributed by atoms with E-state index in [0.717, 1.165) is 32.3 Å². The predicted molar refractivity (Wildman–Crippen MR) is 102 cm³/mol. The molecule has 1 heterocycles. The molecule has 0 spiro atoms. The summed E-state index contributed by atoms with van der Waals surface area (Å²) in [6.07, 6.45) is 20.0. The lowest BCUT2D eigenvalue weighted by Crippen LogP contribution is -2.13. The summed E-state index contributed by atoms with van der Waals surface area (Å²) in [5, 5.41) is 18.2. The molecule has 1 fully saturated rings. The van der Waals surface area contributed by atoms with Gasteiger partial charge in [-0.05, 0) is 12.8 Å². The molecule has 0 aromatic carbocycles. The first-order chi connectivity index (χ1) is 12.2. The maximum absolute atomic E-state index is 10.4. The average Bonchev–Trinajstić information content (AvgIpc) is 3.42. The van der Waals surface area contributed by atoms with Gasteiger partial charge in [0.15, 0.2) is 0 Å². The van der Waals surface area contributed by atoms with Gasteiger partial charge in [0, 0.05) is 6.42 Å². The average molecular weight is 357 g/mol. The number of aliphatic carboxylic acids is 1. The number of hydrogen-bond donors (Lipinski definition) is 2.